The predicted molar refractivity (Wildman–Crippen MR) is 70.8 cm³/mol. The quantitative estimate of drug-likeness (QED) is 0.860. The number of hydrogen-bond donors (Lipinski definition) is 1. The van der Waals surface area contributed by atoms with Crippen molar-refractivity contribution in [3.8, 4) is 0 Å². The Labute approximate surface area is 104 Å². The monoisotopic (exact) mass is 233 g/mol. The first-order valence-corrected chi connectivity index (χ1v) is 6.53. The molecular weight excluding hydrogens is 210 g/mol. The third-order valence-electron chi connectivity index (χ3n) is 4.02. The molecule has 0 spiro atoms. The Balaban J connectivity index is 1.75. The SMILES string of the molecule is CC1(CN)CCN(CCc2ccncc2)CC1. The Hall–Kier alpha value is -0.930. The van der Waals surface area contributed by atoms with Crippen LogP contribution < -0.4 is 5.73 Å². The molecule has 1 saturated heterocycles. The average molecular weight is 233 g/mol. The molecule has 2 N–H and O–H groups in total. The van der Waals surface area contributed by atoms with Crippen LogP contribution in [0.4, 0.5) is 0 Å². The fourth-order valence-corrected chi connectivity index (χ4v) is 2.36. The lowest BCUT2D eigenvalue weighted by Crippen LogP contribution is -2.42. The molecule has 1 fully saturated rings. The molecule has 1 aliphatic rings. The topological polar surface area (TPSA) is 42.1 Å². The van der Waals surface area contributed by atoms with Crippen LogP contribution >= 0.6 is 0 Å². The van der Waals surface area contributed by atoms with Gasteiger partial charge in [0.1, 0.15) is 0 Å². The van der Waals surface area contributed by atoms with Crippen LogP contribution in [0.2, 0.25) is 0 Å². The summed E-state index contributed by atoms with van der Waals surface area (Å²) in [6.45, 7) is 6.68. The first-order chi connectivity index (χ1) is 8.22. The molecule has 2 heterocycles. The summed E-state index contributed by atoms with van der Waals surface area (Å²) in [5.41, 5.74) is 7.59. The van der Waals surface area contributed by atoms with Gasteiger partial charge in [0, 0.05) is 18.9 Å². The van der Waals surface area contributed by atoms with Gasteiger partial charge in [0.15, 0.2) is 0 Å². The van der Waals surface area contributed by atoms with Gasteiger partial charge in [-0.2, -0.15) is 0 Å². The summed E-state index contributed by atoms with van der Waals surface area (Å²) in [5, 5.41) is 0. The highest BCUT2D eigenvalue weighted by molar-refractivity contribution is 5.09. The van der Waals surface area contributed by atoms with Gasteiger partial charge in [-0.1, -0.05) is 6.92 Å². The largest absolute Gasteiger partial charge is 0.330 e. The van der Waals surface area contributed by atoms with Gasteiger partial charge in [-0.25, -0.2) is 0 Å². The van der Waals surface area contributed by atoms with Crippen LogP contribution in [0.5, 0.6) is 0 Å². The number of hydrogen-bond acceptors (Lipinski definition) is 3. The van der Waals surface area contributed by atoms with Crippen LogP contribution in [0.15, 0.2) is 24.5 Å². The van der Waals surface area contributed by atoms with Gasteiger partial charge in [-0.3, -0.25) is 4.98 Å². The third kappa shape index (κ3) is 3.51. The van der Waals surface area contributed by atoms with Crippen LogP contribution in [0.1, 0.15) is 25.3 Å². The second-order valence-electron chi connectivity index (χ2n) is 5.46. The summed E-state index contributed by atoms with van der Waals surface area (Å²) < 4.78 is 0. The van der Waals surface area contributed by atoms with E-state index in [2.05, 4.69) is 28.9 Å². The molecule has 2 rings (SSSR count). The number of nitrogens with two attached hydrogens (primary N) is 1. The van der Waals surface area contributed by atoms with E-state index >= 15 is 0 Å². The van der Waals surface area contributed by atoms with E-state index in [0.29, 0.717) is 5.41 Å². The number of aromatic nitrogens is 1. The maximum atomic E-state index is 5.82. The molecule has 0 amide bonds. The lowest BCUT2D eigenvalue weighted by atomic mass is 9.80. The highest BCUT2D eigenvalue weighted by atomic mass is 15.1. The van der Waals surface area contributed by atoms with Crippen molar-refractivity contribution in [1.82, 2.24) is 9.88 Å². The molecule has 17 heavy (non-hydrogen) atoms. The maximum absolute atomic E-state index is 5.82. The Kier molecular flexibility index (Phi) is 4.13. The molecule has 1 aliphatic heterocycles. The maximum Gasteiger partial charge on any atom is 0.0270 e. The van der Waals surface area contributed by atoms with Crippen molar-refractivity contribution in [3.05, 3.63) is 30.1 Å². The van der Waals surface area contributed by atoms with E-state index in [1.807, 2.05) is 12.4 Å². The number of nitrogens with zero attached hydrogens (tertiary/aromatic N) is 2. The van der Waals surface area contributed by atoms with Crippen LogP contribution in [0, 0.1) is 5.41 Å². The second-order valence-corrected chi connectivity index (χ2v) is 5.46. The fraction of sp³-hybridized carbons (Fsp3) is 0.643. The summed E-state index contributed by atoms with van der Waals surface area (Å²) in [6, 6.07) is 4.21. The molecule has 0 bridgehead atoms. The molecule has 1 aromatic heterocycles. The highest BCUT2D eigenvalue weighted by Crippen LogP contribution is 2.29. The Bertz CT molecular complexity index is 329. The summed E-state index contributed by atoms with van der Waals surface area (Å²) in [6.07, 6.45) is 7.34. The zero-order valence-electron chi connectivity index (χ0n) is 10.7. The van der Waals surface area contributed by atoms with E-state index in [1.165, 1.54) is 31.5 Å². The first kappa shape index (κ1) is 12.5. The van der Waals surface area contributed by atoms with E-state index in [1.54, 1.807) is 0 Å². The summed E-state index contributed by atoms with van der Waals surface area (Å²) in [7, 11) is 0. The number of piperidine rings is 1. The summed E-state index contributed by atoms with van der Waals surface area (Å²) in [4.78, 5) is 6.60. The number of rotatable bonds is 4. The van der Waals surface area contributed by atoms with Crippen molar-refractivity contribution in [2.45, 2.75) is 26.2 Å². The highest BCUT2D eigenvalue weighted by Gasteiger charge is 2.28. The molecule has 3 heteroatoms. The summed E-state index contributed by atoms with van der Waals surface area (Å²) in [5.74, 6) is 0. The van der Waals surface area contributed by atoms with Crippen LogP contribution in [-0.2, 0) is 6.42 Å². The molecule has 3 nitrogen and oxygen atoms in total. The number of pyridine rings is 1. The van der Waals surface area contributed by atoms with Crippen molar-refractivity contribution < 1.29 is 0 Å². The first-order valence-electron chi connectivity index (χ1n) is 6.53. The second kappa shape index (κ2) is 5.61. The normalized spacial score (nSPS) is 20.4. The van der Waals surface area contributed by atoms with Crippen LogP contribution in [0.25, 0.3) is 0 Å². The minimum absolute atomic E-state index is 0.382. The zero-order valence-corrected chi connectivity index (χ0v) is 10.7. The molecule has 0 aliphatic carbocycles. The van der Waals surface area contributed by atoms with E-state index in [-0.39, 0.29) is 0 Å². The average Bonchev–Trinajstić information content (AvgIpc) is 2.39. The smallest absolute Gasteiger partial charge is 0.0270 e. The Morgan fingerprint density at radius 2 is 1.94 bits per heavy atom. The van der Waals surface area contributed by atoms with E-state index in [9.17, 15) is 0 Å². The predicted octanol–water partition coefficient (Wildman–Crippen LogP) is 1.68. The standard InChI is InChI=1S/C14H23N3/c1-14(12-15)5-10-17(11-6-14)9-4-13-2-7-16-8-3-13/h2-3,7-8H,4-6,9-12,15H2,1H3. The molecular formula is C14H23N3. The zero-order chi connectivity index (χ0) is 12.1. The third-order valence-corrected chi connectivity index (χ3v) is 4.02. The van der Waals surface area contributed by atoms with Crippen molar-refractivity contribution in [2.24, 2.45) is 11.1 Å². The van der Waals surface area contributed by atoms with Gasteiger partial charge in [-0.05, 0) is 62.0 Å². The lowest BCUT2D eigenvalue weighted by molar-refractivity contribution is 0.125. The minimum Gasteiger partial charge on any atom is -0.330 e. The molecule has 1 aromatic rings. The van der Waals surface area contributed by atoms with Crippen LogP contribution in [0.3, 0.4) is 0 Å². The molecule has 0 unspecified atom stereocenters. The molecule has 94 valence electrons. The van der Waals surface area contributed by atoms with E-state index < -0.39 is 0 Å². The van der Waals surface area contributed by atoms with Gasteiger partial charge in [0.25, 0.3) is 0 Å². The van der Waals surface area contributed by atoms with Crippen molar-refractivity contribution in [1.29, 1.82) is 0 Å². The van der Waals surface area contributed by atoms with Crippen molar-refractivity contribution in [2.75, 3.05) is 26.2 Å². The molecule has 0 saturated carbocycles. The van der Waals surface area contributed by atoms with Crippen LogP contribution in [-0.4, -0.2) is 36.1 Å². The van der Waals surface area contributed by atoms with E-state index in [4.69, 9.17) is 5.73 Å². The van der Waals surface area contributed by atoms with Gasteiger partial charge >= 0.3 is 0 Å². The van der Waals surface area contributed by atoms with Gasteiger partial charge in [-0.15, -0.1) is 0 Å². The molecule has 0 aromatic carbocycles. The van der Waals surface area contributed by atoms with E-state index in [0.717, 1.165) is 19.5 Å². The molecule has 0 radical (unpaired) electrons. The van der Waals surface area contributed by atoms with Gasteiger partial charge < -0.3 is 10.6 Å². The van der Waals surface area contributed by atoms with Gasteiger partial charge in [0.05, 0.1) is 0 Å². The van der Waals surface area contributed by atoms with Crippen molar-refractivity contribution >= 4 is 0 Å². The minimum atomic E-state index is 0.382. The van der Waals surface area contributed by atoms with Gasteiger partial charge in [0.2, 0.25) is 0 Å². The lowest BCUT2D eigenvalue weighted by Gasteiger charge is -2.38. The van der Waals surface area contributed by atoms with Crippen molar-refractivity contribution in [3.63, 3.8) is 0 Å². The Morgan fingerprint density at radius 3 is 2.53 bits per heavy atom. The summed E-state index contributed by atoms with van der Waals surface area (Å²) >= 11 is 0. The molecule has 0 atom stereocenters. The number of likely N-dealkylation sites (tertiary alicyclic amines) is 1. The Morgan fingerprint density at radius 1 is 1.29 bits per heavy atom. The fourth-order valence-electron chi connectivity index (χ4n) is 2.36.